The third-order valence-electron chi connectivity index (χ3n) is 5.78. The van der Waals surface area contributed by atoms with Crippen molar-refractivity contribution in [2.45, 2.75) is 39.4 Å². The predicted molar refractivity (Wildman–Crippen MR) is 130 cm³/mol. The van der Waals surface area contributed by atoms with E-state index in [0.29, 0.717) is 35.0 Å². The Morgan fingerprint density at radius 3 is 2.25 bits per heavy atom. The number of rotatable bonds is 11. The molecule has 9 nitrogen and oxygen atoms in total. The Morgan fingerprint density at radius 1 is 1.06 bits per heavy atom. The van der Waals surface area contributed by atoms with Gasteiger partial charge in [-0.3, -0.25) is 9.59 Å². The molecule has 2 amide bonds. The lowest BCUT2D eigenvalue weighted by molar-refractivity contribution is 0.0650. The molecule has 0 aliphatic rings. The molecule has 1 heterocycles. The van der Waals surface area contributed by atoms with Gasteiger partial charge >= 0.3 is 0 Å². The average Bonchev–Trinajstić information content (AvgIpc) is 3.38. The maximum atomic E-state index is 13.5. The van der Waals surface area contributed by atoms with Crippen LogP contribution in [-0.4, -0.2) is 49.2 Å². The van der Waals surface area contributed by atoms with Gasteiger partial charge in [0.2, 0.25) is 5.75 Å². The van der Waals surface area contributed by atoms with Gasteiger partial charge in [-0.2, -0.15) is 0 Å². The molecular weight excluding hydrogens is 469 g/mol. The molecule has 0 aliphatic heterocycles. The van der Waals surface area contributed by atoms with E-state index in [4.69, 9.17) is 18.7 Å². The number of amides is 2. The highest BCUT2D eigenvalue weighted by Crippen LogP contribution is 2.38. The maximum Gasteiger partial charge on any atom is 0.273 e. The van der Waals surface area contributed by atoms with Crippen LogP contribution in [0.2, 0.25) is 0 Å². The maximum absolute atomic E-state index is 13.5. The number of hydrogen-bond acceptors (Lipinski definition) is 7. The van der Waals surface area contributed by atoms with Crippen LogP contribution in [0.3, 0.4) is 0 Å². The van der Waals surface area contributed by atoms with Gasteiger partial charge in [-0.1, -0.05) is 24.2 Å². The molecule has 1 aromatic heterocycles. The van der Waals surface area contributed by atoms with E-state index in [1.807, 2.05) is 13.8 Å². The Labute approximate surface area is 209 Å². The van der Waals surface area contributed by atoms with Crippen LogP contribution in [0.15, 0.2) is 47.0 Å². The molecule has 36 heavy (non-hydrogen) atoms. The van der Waals surface area contributed by atoms with E-state index in [-0.39, 0.29) is 36.5 Å². The summed E-state index contributed by atoms with van der Waals surface area (Å²) in [5.74, 6) is 0.398. The Kier molecular flexibility index (Phi) is 8.88. The minimum absolute atomic E-state index is 0.0800. The number of aromatic nitrogens is 1. The summed E-state index contributed by atoms with van der Waals surface area (Å²) in [6, 6.07) is 10.4. The van der Waals surface area contributed by atoms with Crippen molar-refractivity contribution in [1.29, 1.82) is 0 Å². The topological polar surface area (TPSA) is 103 Å². The number of ether oxygens (including phenoxy) is 3. The standard InChI is InChI=1S/C26H30FN3O6/c1-6-16(2)30(26(32)18-11-22(33-3)24(35-5)23(12-18)34-4)15-20-13-21(29-36-20)25(31)28-14-17-7-9-19(27)10-8-17/h7-13,16H,6,14-15H2,1-5H3,(H,28,31). The van der Waals surface area contributed by atoms with Crippen LogP contribution < -0.4 is 19.5 Å². The molecule has 1 atom stereocenters. The number of nitrogens with one attached hydrogen (secondary N) is 1. The lowest BCUT2D eigenvalue weighted by atomic mass is 10.1. The van der Waals surface area contributed by atoms with Gasteiger partial charge in [0.1, 0.15) is 5.82 Å². The molecule has 0 saturated heterocycles. The van der Waals surface area contributed by atoms with Gasteiger partial charge in [0.25, 0.3) is 11.8 Å². The zero-order valence-electron chi connectivity index (χ0n) is 21.0. The smallest absolute Gasteiger partial charge is 0.273 e. The second kappa shape index (κ2) is 12.1. The SMILES string of the molecule is CCC(C)N(Cc1cc(C(=O)NCc2ccc(F)cc2)no1)C(=O)c1cc(OC)c(OC)c(OC)c1. The molecule has 0 spiro atoms. The molecule has 0 saturated carbocycles. The Morgan fingerprint density at radius 2 is 1.69 bits per heavy atom. The molecule has 0 bridgehead atoms. The van der Waals surface area contributed by atoms with E-state index in [0.717, 1.165) is 5.56 Å². The Bertz CT molecular complexity index is 1170. The van der Waals surface area contributed by atoms with Gasteiger partial charge in [0.05, 0.1) is 27.9 Å². The number of benzene rings is 2. The highest BCUT2D eigenvalue weighted by Gasteiger charge is 2.26. The fraction of sp³-hybridized carbons (Fsp3) is 0.346. The van der Waals surface area contributed by atoms with Crippen molar-refractivity contribution in [3.63, 3.8) is 0 Å². The minimum atomic E-state index is -0.444. The molecule has 1 unspecified atom stereocenters. The predicted octanol–water partition coefficient (Wildman–Crippen LogP) is 4.21. The van der Waals surface area contributed by atoms with E-state index in [1.54, 1.807) is 29.2 Å². The summed E-state index contributed by atoms with van der Waals surface area (Å²) >= 11 is 0. The van der Waals surface area contributed by atoms with E-state index >= 15 is 0 Å². The second-order valence-corrected chi connectivity index (χ2v) is 8.09. The van der Waals surface area contributed by atoms with Crippen molar-refractivity contribution in [1.82, 2.24) is 15.4 Å². The quantitative estimate of drug-likeness (QED) is 0.422. The van der Waals surface area contributed by atoms with Gasteiger partial charge in [-0.25, -0.2) is 4.39 Å². The normalized spacial score (nSPS) is 11.5. The van der Waals surface area contributed by atoms with Crippen molar-refractivity contribution in [3.05, 3.63) is 70.9 Å². The van der Waals surface area contributed by atoms with Crippen LogP contribution in [0.4, 0.5) is 4.39 Å². The summed E-state index contributed by atoms with van der Waals surface area (Å²) in [6.45, 7) is 4.19. The number of halogens is 1. The summed E-state index contributed by atoms with van der Waals surface area (Å²) in [5, 5.41) is 6.56. The zero-order valence-corrected chi connectivity index (χ0v) is 21.0. The molecule has 2 aromatic carbocycles. The lowest BCUT2D eigenvalue weighted by Gasteiger charge is -2.28. The number of nitrogens with zero attached hydrogens (tertiary/aromatic N) is 2. The van der Waals surface area contributed by atoms with Crippen LogP contribution in [0, 0.1) is 5.82 Å². The first-order valence-corrected chi connectivity index (χ1v) is 11.4. The zero-order chi connectivity index (χ0) is 26.2. The summed E-state index contributed by atoms with van der Waals surface area (Å²) < 4.78 is 34.5. The summed E-state index contributed by atoms with van der Waals surface area (Å²) in [5.41, 5.74) is 1.17. The van der Waals surface area contributed by atoms with E-state index in [1.165, 1.54) is 39.5 Å². The monoisotopic (exact) mass is 499 g/mol. The van der Waals surface area contributed by atoms with Crippen molar-refractivity contribution in [2.75, 3.05) is 21.3 Å². The van der Waals surface area contributed by atoms with Gasteiger partial charge in [0.15, 0.2) is 23.0 Å². The third kappa shape index (κ3) is 6.12. The van der Waals surface area contributed by atoms with Gasteiger partial charge in [-0.15, -0.1) is 0 Å². The second-order valence-electron chi connectivity index (χ2n) is 8.09. The average molecular weight is 500 g/mol. The number of hydrogen-bond donors (Lipinski definition) is 1. The highest BCUT2D eigenvalue weighted by molar-refractivity contribution is 5.96. The molecule has 10 heteroatoms. The summed E-state index contributed by atoms with van der Waals surface area (Å²) in [6.07, 6.45) is 0.690. The highest BCUT2D eigenvalue weighted by atomic mass is 19.1. The van der Waals surface area contributed by atoms with Crippen LogP contribution >= 0.6 is 0 Å². The summed E-state index contributed by atoms with van der Waals surface area (Å²) in [4.78, 5) is 27.6. The largest absolute Gasteiger partial charge is 0.493 e. The number of carbonyl (C=O) groups is 2. The summed E-state index contributed by atoms with van der Waals surface area (Å²) in [7, 11) is 4.45. The van der Waals surface area contributed by atoms with Gasteiger partial charge in [-0.05, 0) is 43.2 Å². The first-order valence-electron chi connectivity index (χ1n) is 11.4. The van der Waals surface area contributed by atoms with Gasteiger partial charge in [0, 0.05) is 24.2 Å². The molecule has 192 valence electrons. The Hall–Kier alpha value is -4.08. The molecule has 0 fully saturated rings. The van der Waals surface area contributed by atoms with Crippen LogP contribution in [0.25, 0.3) is 0 Å². The van der Waals surface area contributed by atoms with E-state index in [9.17, 15) is 14.0 Å². The molecular formula is C26H30FN3O6. The van der Waals surface area contributed by atoms with E-state index < -0.39 is 5.91 Å². The van der Waals surface area contributed by atoms with Crippen LogP contribution in [0.1, 0.15) is 52.4 Å². The molecule has 0 radical (unpaired) electrons. The molecule has 3 rings (SSSR count). The first kappa shape index (κ1) is 26.5. The van der Waals surface area contributed by atoms with E-state index in [2.05, 4.69) is 10.5 Å². The molecule has 3 aromatic rings. The first-order chi connectivity index (χ1) is 17.3. The lowest BCUT2D eigenvalue weighted by Crippen LogP contribution is -2.37. The fourth-order valence-corrected chi connectivity index (χ4v) is 3.56. The van der Waals surface area contributed by atoms with Crippen LogP contribution in [0.5, 0.6) is 17.2 Å². The molecule has 1 N–H and O–H groups in total. The third-order valence-corrected chi connectivity index (χ3v) is 5.78. The van der Waals surface area contributed by atoms with Crippen molar-refractivity contribution in [3.8, 4) is 17.2 Å². The molecule has 0 aliphatic carbocycles. The van der Waals surface area contributed by atoms with Crippen molar-refractivity contribution in [2.24, 2.45) is 0 Å². The number of methoxy groups -OCH3 is 3. The van der Waals surface area contributed by atoms with Crippen LogP contribution in [-0.2, 0) is 13.1 Å². The number of carbonyl (C=O) groups excluding carboxylic acids is 2. The van der Waals surface area contributed by atoms with Crippen molar-refractivity contribution >= 4 is 11.8 Å². The fourth-order valence-electron chi connectivity index (χ4n) is 3.56. The van der Waals surface area contributed by atoms with Gasteiger partial charge < -0.3 is 29.0 Å². The minimum Gasteiger partial charge on any atom is -0.493 e. The Balaban J connectivity index is 1.77. The van der Waals surface area contributed by atoms with Crippen molar-refractivity contribution < 1.29 is 32.7 Å².